The van der Waals surface area contributed by atoms with Gasteiger partial charge in [0.1, 0.15) is 0 Å². The molecule has 3 aliphatic carbocycles. The fourth-order valence-electron chi connectivity index (χ4n) is 18.2. The number of fused-ring (bicyclic) bond motifs is 3. The molecule has 135 heavy (non-hydrogen) atoms. The molecule has 3 saturated carbocycles. The van der Waals surface area contributed by atoms with Crippen LogP contribution in [0.2, 0.25) is 0 Å². The summed E-state index contributed by atoms with van der Waals surface area (Å²) in [6.07, 6.45) is 15.4. The van der Waals surface area contributed by atoms with Crippen LogP contribution in [0, 0.1) is 0 Å². The molecule has 0 spiro atoms. The van der Waals surface area contributed by atoms with Crippen LogP contribution in [-0.4, -0.2) is 178 Å². The van der Waals surface area contributed by atoms with Gasteiger partial charge in [0.2, 0.25) is 0 Å². The topological polar surface area (TPSA) is 353 Å². The Kier molecular flexibility index (Phi) is 27.0. The first-order valence-corrected chi connectivity index (χ1v) is 46.1. The standard InChI is InChI=1S/C37H39N5O5.C35H37N5O5.C34H35N5O4/c1-37(47)15-18-41(19-16-37)34(44)24-8-11-27(12-9-24)38-33-36(46)40(2)21-31(39-33)29-4-3-5-32(30(29)22-43)42-17-14-26-20-25(23-6-7-23)10-13-28(26)35(42)45;1-38(17-18-45-3)33(42)23-9-12-26(13-10-23)36-32-35(44)39(2)20-30(37-32)28-5-4-6-31(29(28)21-41)40-16-15-25-19-24(22-7-8-22)11-14-27(25)34(40)43;1-4-37(2)32(41)22-10-13-25(14-11-22)35-31-34(43)38(3)19-29(36-31)27-6-5-7-30(28(27)20-40)39-17-16-24-18-23(21-8-9-21)12-15-26(24)33(39)42/h3-5,8-13,20-21,23,43,47H,6-7,14-19,22H2,1-2H3,(H,38,39);4-6,9-14,19-20,22,41H,7-8,15-18,21H2,1-3H3,(H,36,37);5-7,10-15,18-19,21,40H,4,8-9,16-17,20H2,1-3H3,(H,35,36). The second-order valence-electron chi connectivity index (χ2n) is 36.2. The molecular formula is C106H111N15O14. The van der Waals surface area contributed by atoms with E-state index in [2.05, 4.69) is 67.3 Å². The SMILES string of the molecule is CCN(C)C(=O)c1ccc(Nc2nc(-c3cccc(N4CCc5cc(C6CC6)ccc5C4=O)c3CO)cn(C)c2=O)cc1.COCCN(C)C(=O)c1ccc(Nc2nc(-c3cccc(N4CCc5cc(C6CC6)ccc5C4=O)c3CO)cn(C)c2=O)cc1.Cn1cc(-c2cccc(N3CCc4cc(C5CC5)ccc4C3=O)c2CO)nc(Nc2ccc(C(=O)N3CCC(C)(O)CC3)cc2)c1=O. The maximum Gasteiger partial charge on any atom is 0.293 e. The first kappa shape index (κ1) is 92.5. The normalized spacial score (nSPS) is 15.4. The molecule has 0 radical (unpaired) electrons. The van der Waals surface area contributed by atoms with Crippen molar-refractivity contribution in [1.82, 2.24) is 43.4 Å². The minimum Gasteiger partial charge on any atom is -0.392 e. The molecule has 29 nitrogen and oxygen atoms in total. The van der Waals surface area contributed by atoms with Gasteiger partial charge in [0.05, 0.1) is 66.2 Å². The highest BCUT2D eigenvalue weighted by molar-refractivity contribution is 6.11. The maximum atomic E-state index is 13.7. The molecule has 7 heterocycles. The molecule has 3 aromatic heterocycles. The van der Waals surface area contributed by atoms with Crippen molar-refractivity contribution in [1.29, 1.82) is 0 Å². The summed E-state index contributed by atoms with van der Waals surface area (Å²) in [5.74, 6) is 1.57. The first-order valence-electron chi connectivity index (χ1n) is 46.1. The fraction of sp³-hybridized carbons (Fsp3) is 0.321. The molecule has 29 heteroatoms. The molecule has 0 atom stereocenters. The molecular weight excluding hydrogens is 1710 g/mol. The van der Waals surface area contributed by atoms with Crippen molar-refractivity contribution in [3.05, 3.63) is 315 Å². The van der Waals surface area contributed by atoms with Crippen molar-refractivity contribution >= 4 is 87.0 Å². The molecule has 19 rings (SSSR count). The molecule has 1 saturated heterocycles. The van der Waals surface area contributed by atoms with Crippen LogP contribution in [0.25, 0.3) is 33.8 Å². The van der Waals surface area contributed by atoms with Gasteiger partial charge in [-0.05, 0) is 245 Å². The molecule has 4 aliphatic heterocycles. The number of carbonyl (C=O) groups is 6. The van der Waals surface area contributed by atoms with Crippen molar-refractivity contribution in [2.24, 2.45) is 21.1 Å². The van der Waals surface area contributed by atoms with Crippen LogP contribution in [-0.2, 0) is 65.0 Å². The van der Waals surface area contributed by atoms with Gasteiger partial charge in [0.15, 0.2) is 17.5 Å². The number of aliphatic hydroxyl groups excluding tert-OH is 3. The second-order valence-corrected chi connectivity index (χ2v) is 36.2. The lowest BCUT2D eigenvalue weighted by Gasteiger charge is -2.35. The summed E-state index contributed by atoms with van der Waals surface area (Å²) in [4.78, 5) is 143. The lowest BCUT2D eigenvalue weighted by atomic mass is 9.93. The number of aliphatic hydroxyl groups is 4. The number of ether oxygens (including phenoxy) is 1. The number of carbonyl (C=O) groups excluding carboxylic acids is 6. The van der Waals surface area contributed by atoms with Gasteiger partial charge in [-0.2, -0.15) is 0 Å². The minimum atomic E-state index is -0.742. The van der Waals surface area contributed by atoms with Gasteiger partial charge in [-0.25, -0.2) is 15.0 Å². The number of likely N-dealkylation sites (N-methyl/N-ethyl adjacent to an activating group) is 1. The Hall–Kier alpha value is -14.4. The van der Waals surface area contributed by atoms with Gasteiger partial charge in [-0.15, -0.1) is 0 Å². The number of benzene rings is 9. The van der Waals surface area contributed by atoms with Gasteiger partial charge in [0.25, 0.3) is 52.1 Å². The van der Waals surface area contributed by atoms with Crippen LogP contribution in [0.15, 0.2) is 215 Å². The summed E-state index contributed by atoms with van der Waals surface area (Å²) >= 11 is 0. The Morgan fingerprint density at radius 1 is 0.430 bits per heavy atom. The van der Waals surface area contributed by atoms with Crippen LogP contribution >= 0.6 is 0 Å². The summed E-state index contributed by atoms with van der Waals surface area (Å²) in [5.41, 5.74) is 17.7. The Morgan fingerprint density at radius 3 is 1.05 bits per heavy atom. The number of methoxy groups -OCH3 is 1. The predicted octanol–water partition coefficient (Wildman–Crippen LogP) is 14.1. The molecule has 0 unspecified atom stereocenters. The van der Waals surface area contributed by atoms with E-state index < -0.39 is 5.60 Å². The van der Waals surface area contributed by atoms with Crippen LogP contribution < -0.4 is 47.3 Å². The third kappa shape index (κ3) is 19.9. The highest BCUT2D eigenvalue weighted by atomic mass is 16.5. The average molecular weight is 1820 g/mol. The zero-order chi connectivity index (χ0) is 94.8. The van der Waals surface area contributed by atoms with Gasteiger partial charge < -0.3 is 84.2 Å². The molecule has 7 N–H and O–H groups in total. The predicted molar refractivity (Wildman–Crippen MR) is 520 cm³/mol. The monoisotopic (exact) mass is 1820 g/mol. The van der Waals surface area contributed by atoms with Crippen LogP contribution in [0.3, 0.4) is 0 Å². The van der Waals surface area contributed by atoms with E-state index in [0.717, 1.165) is 36.0 Å². The highest BCUT2D eigenvalue weighted by Gasteiger charge is 2.37. The van der Waals surface area contributed by atoms with E-state index in [1.54, 1.807) is 170 Å². The van der Waals surface area contributed by atoms with Crippen LogP contribution in [0.1, 0.15) is 195 Å². The van der Waals surface area contributed by atoms with Crippen molar-refractivity contribution in [3.63, 3.8) is 0 Å². The highest BCUT2D eigenvalue weighted by Crippen LogP contribution is 2.46. The fourth-order valence-corrected chi connectivity index (χ4v) is 18.2. The van der Waals surface area contributed by atoms with Crippen molar-refractivity contribution < 1.29 is 53.9 Å². The lowest BCUT2D eigenvalue weighted by molar-refractivity contribution is -0.00208. The number of anilines is 9. The van der Waals surface area contributed by atoms with Crippen molar-refractivity contribution in [2.75, 3.05) is 104 Å². The Morgan fingerprint density at radius 2 is 0.748 bits per heavy atom. The molecule has 4 fully saturated rings. The summed E-state index contributed by atoms with van der Waals surface area (Å²) in [6, 6.07) is 55.7. The first-order chi connectivity index (χ1) is 65.2. The number of hydrogen-bond acceptors (Lipinski definition) is 20. The summed E-state index contributed by atoms with van der Waals surface area (Å²) in [7, 11) is 9.97. The Bertz CT molecular complexity index is 6790. The zero-order valence-electron chi connectivity index (χ0n) is 77.1. The second kappa shape index (κ2) is 39.4. The quantitative estimate of drug-likeness (QED) is 0.0279. The van der Waals surface area contributed by atoms with E-state index in [0.29, 0.717) is 201 Å². The third-order valence-corrected chi connectivity index (χ3v) is 26.7. The number of rotatable bonds is 25. The molecule has 12 aromatic rings. The molecule has 694 valence electrons. The Balaban J connectivity index is 0.000000141. The minimum absolute atomic E-state index is 0.0832. The smallest absolute Gasteiger partial charge is 0.293 e. The number of amides is 6. The van der Waals surface area contributed by atoms with Gasteiger partial charge in [-0.3, -0.25) is 43.2 Å². The van der Waals surface area contributed by atoms with E-state index in [4.69, 9.17) is 4.74 Å². The number of piperidine rings is 1. The molecule has 0 bridgehead atoms. The van der Waals surface area contributed by atoms with Gasteiger partial charge >= 0.3 is 0 Å². The summed E-state index contributed by atoms with van der Waals surface area (Å²) in [6.45, 7) is 6.78. The molecule has 9 aromatic carbocycles. The summed E-state index contributed by atoms with van der Waals surface area (Å²) in [5, 5.41) is 51.2. The summed E-state index contributed by atoms with van der Waals surface area (Å²) < 4.78 is 9.35. The number of aromatic nitrogens is 6. The number of nitrogens with one attached hydrogen (secondary N) is 3. The van der Waals surface area contributed by atoms with E-state index in [9.17, 15) is 63.6 Å². The van der Waals surface area contributed by atoms with Crippen LogP contribution in [0.5, 0.6) is 0 Å². The van der Waals surface area contributed by atoms with Crippen LogP contribution in [0.4, 0.5) is 51.6 Å². The maximum absolute atomic E-state index is 13.7. The largest absolute Gasteiger partial charge is 0.392 e. The number of hydrogen-bond donors (Lipinski definition) is 7. The third-order valence-electron chi connectivity index (χ3n) is 26.7. The van der Waals surface area contributed by atoms with Crippen molar-refractivity contribution in [2.45, 2.75) is 128 Å². The molecule has 6 amide bonds. The van der Waals surface area contributed by atoms with E-state index in [1.165, 1.54) is 68.9 Å². The van der Waals surface area contributed by atoms with Gasteiger partial charge in [-0.1, -0.05) is 72.8 Å². The average Bonchev–Trinajstić information content (AvgIpc) is 1.30. The lowest BCUT2D eigenvalue weighted by Crippen LogP contribution is -2.45. The van der Waals surface area contributed by atoms with E-state index >= 15 is 0 Å². The molecule has 7 aliphatic rings. The van der Waals surface area contributed by atoms with Gasteiger partial charge in [0, 0.05) is 191 Å². The number of nitrogens with zero attached hydrogens (tertiary/aromatic N) is 12. The number of aryl methyl sites for hydroxylation is 3. The van der Waals surface area contributed by atoms with Crippen molar-refractivity contribution in [3.8, 4) is 33.8 Å². The number of likely N-dealkylation sites (tertiary alicyclic amines) is 1. The zero-order valence-corrected chi connectivity index (χ0v) is 77.1. The Labute approximate surface area is 782 Å². The van der Waals surface area contributed by atoms with E-state index in [-0.39, 0.29) is 89.4 Å². The van der Waals surface area contributed by atoms with E-state index in [1.807, 2.05) is 79.7 Å².